The van der Waals surface area contributed by atoms with E-state index >= 15 is 0 Å². The molecule has 0 radical (unpaired) electrons. The zero-order valence-electron chi connectivity index (χ0n) is 22.0. The number of fused-ring (bicyclic) bond motifs is 1. The van der Waals surface area contributed by atoms with Gasteiger partial charge in [-0.2, -0.15) is 0 Å². The number of thiocarbonyl (C=S) groups is 1. The van der Waals surface area contributed by atoms with E-state index in [1.165, 1.54) is 0 Å². The summed E-state index contributed by atoms with van der Waals surface area (Å²) in [7, 11) is 0. The number of anilines is 1. The van der Waals surface area contributed by atoms with Gasteiger partial charge in [0.1, 0.15) is 5.92 Å². The Morgan fingerprint density at radius 2 is 1.73 bits per heavy atom. The van der Waals surface area contributed by atoms with Crippen LogP contribution in [0, 0.1) is 5.92 Å². The molecule has 206 valence electrons. The van der Waals surface area contributed by atoms with Gasteiger partial charge in [0.05, 0.1) is 25.5 Å². The van der Waals surface area contributed by atoms with Crippen LogP contribution in [0.15, 0.2) is 77.4 Å². The molecule has 0 saturated carbocycles. The molecule has 0 N–H and O–H groups in total. The molecule has 10 heteroatoms. The van der Waals surface area contributed by atoms with Gasteiger partial charge in [-0.3, -0.25) is 14.5 Å². The highest BCUT2D eigenvalue weighted by molar-refractivity contribution is 7.80. The van der Waals surface area contributed by atoms with Gasteiger partial charge in [-0.1, -0.05) is 29.8 Å². The molecular weight excluding hydrogens is 546 g/mol. The van der Waals surface area contributed by atoms with Crippen molar-refractivity contribution in [3.8, 4) is 0 Å². The van der Waals surface area contributed by atoms with Crippen molar-refractivity contribution < 1.29 is 14.3 Å². The van der Waals surface area contributed by atoms with E-state index in [0.717, 1.165) is 43.1 Å². The molecule has 1 aliphatic carbocycles. The SMILES string of the molecule is O=C(c1ccc(CN2C(=O)C3C=C(N4CCOCC4)C=CC3=NC2=S)cc1)N1CCN(c2cccc(Cl)c2)CC1. The maximum Gasteiger partial charge on any atom is 0.253 e. The van der Waals surface area contributed by atoms with Gasteiger partial charge in [-0.15, -0.1) is 0 Å². The molecule has 0 spiro atoms. The van der Waals surface area contributed by atoms with E-state index in [9.17, 15) is 9.59 Å². The molecule has 40 heavy (non-hydrogen) atoms. The lowest BCUT2D eigenvalue weighted by molar-refractivity contribution is -0.129. The van der Waals surface area contributed by atoms with Gasteiger partial charge in [0.2, 0.25) is 11.0 Å². The molecule has 1 atom stereocenters. The van der Waals surface area contributed by atoms with Crippen LogP contribution >= 0.6 is 23.8 Å². The summed E-state index contributed by atoms with van der Waals surface area (Å²) in [6.45, 7) is 6.04. The summed E-state index contributed by atoms with van der Waals surface area (Å²) < 4.78 is 5.46. The first-order valence-electron chi connectivity index (χ1n) is 13.5. The number of hydrogen-bond acceptors (Lipinski definition) is 6. The Labute approximate surface area is 244 Å². The number of nitrogens with zero attached hydrogens (tertiary/aromatic N) is 5. The fraction of sp³-hybridized carbons (Fsp3) is 0.333. The number of amides is 2. The average molecular weight is 576 g/mol. The lowest BCUT2D eigenvalue weighted by atomic mass is 9.93. The lowest BCUT2D eigenvalue weighted by Crippen LogP contribution is -2.48. The van der Waals surface area contributed by atoms with E-state index in [1.54, 1.807) is 4.90 Å². The van der Waals surface area contributed by atoms with E-state index in [-0.39, 0.29) is 16.9 Å². The number of carbonyl (C=O) groups excluding carboxylic acids is 2. The standard InChI is InChI=1S/C30H30ClN5O3S/c31-23-2-1-3-24(18-23)33-10-12-35(13-11-33)28(37)22-6-4-21(5-7-22)20-36-29(38)26-19-25(34-14-16-39-17-15-34)8-9-27(26)32-30(36)40/h1-9,18-19,26H,10-17,20H2. The van der Waals surface area contributed by atoms with Crippen LogP contribution in [0.25, 0.3) is 0 Å². The molecule has 8 nitrogen and oxygen atoms in total. The maximum atomic E-state index is 13.5. The largest absolute Gasteiger partial charge is 0.378 e. The van der Waals surface area contributed by atoms with Crippen molar-refractivity contribution in [2.24, 2.45) is 10.9 Å². The number of aliphatic imine (C=N–C) groups is 1. The van der Waals surface area contributed by atoms with Gasteiger partial charge in [-0.05, 0) is 66.3 Å². The molecule has 1 unspecified atom stereocenters. The summed E-state index contributed by atoms with van der Waals surface area (Å²) in [5.41, 5.74) is 4.29. The van der Waals surface area contributed by atoms with Gasteiger partial charge < -0.3 is 19.4 Å². The lowest BCUT2D eigenvalue weighted by Gasteiger charge is -2.36. The third-order valence-electron chi connectivity index (χ3n) is 7.73. The van der Waals surface area contributed by atoms with Crippen molar-refractivity contribution in [2.45, 2.75) is 6.54 Å². The second kappa shape index (κ2) is 11.5. The van der Waals surface area contributed by atoms with E-state index in [4.69, 9.17) is 28.6 Å². The highest BCUT2D eigenvalue weighted by Crippen LogP contribution is 2.26. The third kappa shape index (κ3) is 5.54. The first-order chi connectivity index (χ1) is 19.5. The quantitative estimate of drug-likeness (QED) is 0.506. The van der Waals surface area contributed by atoms with Crippen molar-refractivity contribution in [1.29, 1.82) is 0 Å². The van der Waals surface area contributed by atoms with Crippen molar-refractivity contribution >= 4 is 52.1 Å². The van der Waals surface area contributed by atoms with Gasteiger partial charge in [0.25, 0.3) is 5.91 Å². The molecule has 0 bridgehead atoms. The number of hydrogen-bond donors (Lipinski definition) is 0. The minimum atomic E-state index is -0.457. The Morgan fingerprint density at radius 3 is 2.45 bits per heavy atom. The van der Waals surface area contributed by atoms with Crippen molar-refractivity contribution in [1.82, 2.24) is 14.7 Å². The Kier molecular flexibility index (Phi) is 7.69. The van der Waals surface area contributed by atoms with E-state index in [2.05, 4.69) is 14.8 Å². The molecule has 2 fully saturated rings. The van der Waals surface area contributed by atoms with Crippen molar-refractivity contribution in [3.63, 3.8) is 0 Å². The summed E-state index contributed by atoms with van der Waals surface area (Å²) >= 11 is 11.6. The summed E-state index contributed by atoms with van der Waals surface area (Å²) in [6.07, 6.45) is 5.88. The third-order valence-corrected chi connectivity index (χ3v) is 8.27. The van der Waals surface area contributed by atoms with Crippen LogP contribution in [0.1, 0.15) is 15.9 Å². The topological polar surface area (TPSA) is 68.7 Å². The summed E-state index contributed by atoms with van der Waals surface area (Å²) in [5, 5.41) is 0.974. The van der Waals surface area contributed by atoms with Crippen LogP contribution in [0.5, 0.6) is 0 Å². The summed E-state index contributed by atoms with van der Waals surface area (Å²) in [4.78, 5) is 39.1. The van der Waals surface area contributed by atoms with Crippen LogP contribution in [0.2, 0.25) is 5.02 Å². The highest BCUT2D eigenvalue weighted by Gasteiger charge is 2.35. The minimum Gasteiger partial charge on any atom is -0.378 e. The predicted octanol–water partition coefficient (Wildman–Crippen LogP) is 3.77. The van der Waals surface area contributed by atoms with Crippen LogP contribution in [-0.2, 0) is 16.1 Å². The Balaban J connectivity index is 1.08. The highest BCUT2D eigenvalue weighted by atomic mass is 35.5. The van der Waals surface area contributed by atoms with Crippen LogP contribution in [-0.4, -0.2) is 89.8 Å². The second-order valence-electron chi connectivity index (χ2n) is 10.2. The Hall–Kier alpha value is -3.53. The number of allylic oxidation sites excluding steroid dienone is 2. The zero-order chi connectivity index (χ0) is 27.6. The normalized spacial score (nSPS) is 21.3. The molecule has 2 aromatic carbocycles. The molecule has 3 heterocycles. The zero-order valence-corrected chi connectivity index (χ0v) is 23.6. The van der Waals surface area contributed by atoms with Gasteiger partial charge in [0.15, 0.2) is 0 Å². The molecule has 2 amide bonds. The van der Waals surface area contributed by atoms with Crippen LogP contribution < -0.4 is 4.90 Å². The monoisotopic (exact) mass is 575 g/mol. The van der Waals surface area contributed by atoms with E-state index in [1.807, 2.05) is 71.7 Å². The fourth-order valence-electron chi connectivity index (χ4n) is 5.46. The first kappa shape index (κ1) is 26.7. The molecule has 0 aromatic heterocycles. The average Bonchev–Trinajstić information content (AvgIpc) is 2.99. The van der Waals surface area contributed by atoms with Gasteiger partial charge in [0, 0.05) is 61.2 Å². The molecule has 3 aliphatic heterocycles. The maximum absolute atomic E-state index is 13.5. The van der Waals surface area contributed by atoms with E-state index in [0.29, 0.717) is 49.1 Å². The number of benzene rings is 2. The number of piperazine rings is 1. The minimum absolute atomic E-state index is 0.00544. The Bertz CT molecular complexity index is 1410. The number of carbonyl (C=O) groups is 2. The summed E-state index contributed by atoms with van der Waals surface area (Å²) in [5.74, 6) is -0.533. The van der Waals surface area contributed by atoms with Crippen molar-refractivity contribution in [3.05, 3.63) is 88.6 Å². The van der Waals surface area contributed by atoms with E-state index < -0.39 is 5.92 Å². The first-order valence-corrected chi connectivity index (χ1v) is 14.3. The number of morpholine rings is 1. The molecular formula is C30H30ClN5O3S. The number of halogens is 1. The molecule has 2 aromatic rings. The fourth-order valence-corrected chi connectivity index (χ4v) is 5.90. The second-order valence-corrected chi connectivity index (χ2v) is 11.0. The predicted molar refractivity (Wildman–Crippen MR) is 160 cm³/mol. The smallest absolute Gasteiger partial charge is 0.253 e. The van der Waals surface area contributed by atoms with Gasteiger partial charge in [-0.25, -0.2) is 4.99 Å². The Morgan fingerprint density at radius 1 is 0.975 bits per heavy atom. The molecule has 2 saturated heterocycles. The number of ether oxygens (including phenoxy) is 1. The van der Waals surface area contributed by atoms with Crippen LogP contribution in [0.3, 0.4) is 0 Å². The molecule has 4 aliphatic rings. The van der Waals surface area contributed by atoms with Crippen LogP contribution in [0.4, 0.5) is 5.69 Å². The number of rotatable bonds is 5. The van der Waals surface area contributed by atoms with Crippen molar-refractivity contribution in [2.75, 3.05) is 57.4 Å². The van der Waals surface area contributed by atoms with Gasteiger partial charge >= 0.3 is 0 Å². The summed E-state index contributed by atoms with van der Waals surface area (Å²) in [6, 6.07) is 15.2. The molecule has 6 rings (SSSR count).